The Kier molecular flexibility index (Phi) is 7.01. The fourth-order valence-corrected chi connectivity index (χ4v) is 5.00. The lowest BCUT2D eigenvalue weighted by Crippen LogP contribution is -2.36. The minimum atomic E-state index is -0.460. The molecule has 35 heavy (non-hydrogen) atoms. The summed E-state index contributed by atoms with van der Waals surface area (Å²) < 4.78 is 10.9. The number of dihydropyridines is 1. The van der Waals surface area contributed by atoms with Crippen LogP contribution in [0.5, 0.6) is 5.75 Å². The van der Waals surface area contributed by atoms with Crippen molar-refractivity contribution in [2.45, 2.75) is 51.6 Å². The molecule has 6 nitrogen and oxygen atoms in total. The van der Waals surface area contributed by atoms with Gasteiger partial charge in [0.05, 0.1) is 18.8 Å². The second-order valence-corrected chi connectivity index (χ2v) is 9.73. The summed E-state index contributed by atoms with van der Waals surface area (Å²) in [5.74, 6) is 0.0678. The fraction of sp³-hybridized carbons (Fsp3) is 0.379. The molecule has 0 bridgehead atoms. The van der Waals surface area contributed by atoms with Crippen molar-refractivity contribution in [3.8, 4) is 5.75 Å². The van der Waals surface area contributed by atoms with E-state index in [0.717, 1.165) is 34.0 Å². The number of ketones is 1. The minimum absolute atomic E-state index is 0.0589. The average Bonchev–Trinajstić information content (AvgIpc) is 2.82. The Balaban J connectivity index is 1.76. The molecule has 2 atom stereocenters. The van der Waals surface area contributed by atoms with Crippen LogP contribution in [0.3, 0.4) is 0 Å². The Hall–Kier alpha value is -3.54. The van der Waals surface area contributed by atoms with Gasteiger partial charge >= 0.3 is 5.97 Å². The van der Waals surface area contributed by atoms with Crippen LogP contribution in [0, 0.1) is 0 Å². The van der Waals surface area contributed by atoms with Crippen molar-refractivity contribution in [1.29, 1.82) is 0 Å². The molecule has 0 spiro atoms. The van der Waals surface area contributed by atoms with Crippen LogP contribution >= 0.6 is 0 Å². The molecule has 1 aliphatic carbocycles. The topological polar surface area (TPSA) is 67.9 Å². The molecule has 6 heteroatoms. The third kappa shape index (κ3) is 4.97. The van der Waals surface area contributed by atoms with Gasteiger partial charge in [-0.2, -0.15) is 0 Å². The van der Waals surface area contributed by atoms with E-state index in [9.17, 15) is 9.59 Å². The maximum atomic E-state index is 13.7. The molecule has 1 aliphatic heterocycles. The number of methoxy groups -OCH3 is 1. The minimum Gasteiger partial charge on any atom is -0.497 e. The summed E-state index contributed by atoms with van der Waals surface area (Å²) in [4.78, 5) is 28.9. The zero-order chi connectivity index (χ0) is 25.3. The molecule has 0 unspecified atom stereocenters. The van der Waals surface area contributed by atoms with Crippen molar-refractivity contribution in [3.05, 3.63) is 82.2 Å². The number of nitrogens with zero attached hydrogens (tertiary/aromatic N) is 1. The second-order valence-electron chi connectivity index (χ2n) is 9.73. The van der Waals surface area contributed by atoms with Gasteiger partial charge in [-0.05, 0) is 68.5 Å². The fourth-order valence-electron chi connectivity index (χ4n) is 5.00. The Bertz CT molecular complexity index is 1170. The highest BCUT2D eigenvalue weighted by Crippen LogP contribution is 2.46. The van der Waals surface area contributed by atoms with Gasteiger partial charge < -0.3 is 19.7 Å². The van der Waals surface area contributed by atoms with Crippen LogP contribution in [-0.2, 0) is 14.3 Å². The summed E-state index contributed by atoms with van der Waals surface area (Å²) in [7, 11) is 5.61. The van der Waals surface area contributed by atoms with E-state index in [1.807, 2.05) is 88.3 Å². The predicted octanol–water partition coefficient (Wildman–Crippen LogP) is 5.07. The highest BCUT2D eigenvalue weighted by atomic mass is 16.5. The number of ether oxygens (including phenoxy) is 2. The monoisotopic (exact) mass is 474 g/mol. The van der Waals surface area contributed by atoms with E-state index in [0.29, 0.717) is 24.0 Å². The number of esters is 1. The first-order chi connectivity index (χ1) is 16.7. The normalized spacial score (nSPS) is 19.9. The lowest BCUT2D eigenvalue weighted by atomic mass is 9.71. The smallest absolute Gasteiger partial charge is 0.337 e. The molecule has 184 valence electrons. The lowest BCUT2D eigenvalue weighted by Gasteiger charge is -2.37. The SMILES string of the molecule is COc1ccc([C@H]2CC(=O)C3=C(C2)NC(C)=C(C(=O)OC(C)C)[C@@H]3c2ccc(N(C)C)cc2)cc1. The predicted molar refractivity (Wildman–Crippen MR) is 138 cm³/mol. The van der Waals surface area contributed by atoms with E-state index in [4.69, 9.17) is 9.47 Å². The van der Waals surface area contributed by atoms with E-state index >= 15 is 0 Å². The van der Waals surface area contributed by atoms with Gasteiger partial charge in [-0.25, -0.2) is 4.79 Å². The first-order valence-corrected chi connectivity index (χ1v) is 12.1. The molecule has 0 amide bonds. The number of anilines is 1. The number of hydrogen-bond donors (Lipinski definition) is 1. The van der Waals surface area contributed by atoms with Gasteiger partial charge in [-0.3, -0.25) is 4.79 Å². The molecular weight excluding hydrogens is 440 g/mol. The molecular formula is C29H34N2O4. The molecule has 0 saturated heterocycles. The third-order valence-corrected chi connectivity index (χ3v) is 6.72. The Morgan fingerprint density at radius 2 is 1.63 bits per heavy atom. The van der Waals surface area contributed by atoms with Gasteiger partial charge in [0.25, 0.3) is 0 Å². The number of carbonyl (C=O) groups excluding carboxylic acids is 2. The van der Waals surface area contributed by atoms with Gasteiger partial charge in [0.1, 0.15) is 5.75 Å². The molecule has 2 aliphatic rings. The Morgan fingerprint density at radius 1 is 1.00 bits per heavy atom. The van der Waals surface area contributed by atoms with E-state index < -0.39 is 5.92 Å². The van der Waals surface area contributed by atoms with E-state index in [-0.39, 0.29) is 23.8 Å². The summed E-state index contributed by atoms with van der Waals surface area (Å²) >= 11 is 0. The third-order valence-electron chi connectivity index (χ3n) is 6.72. The van der Waals surface area contributed by atoms with Gasteiger partial charge in [-0.1, -0.05) is 24.3 Å². The maximum absolute atomic E-state index is 13.7. The van der Waals surface area contributed by atoms with E-state index in [1.165, 1.54) is 0 Å². The molecule has 1 heterocycles. The van der Waals surface area contributed by atoms with Gasteiger partial charge in [0.15, 0.2) is 5.78 Å². The number of benzene rings is 2. The molecule has 0 saturated carbocycles. The number of allylic oxidation sites excluding steroid dienone is 3. The molecule has 4 rings (SSSR count). The molecule has 0 aromatic heterocycles. The molecule has 1 N–H and O–H groups in total. The quantitative estimate of drug-likeness (QED) is 0.590. The molecule has 2 aromatic rings. The van der Waals surface area contributed by atoms with Crippen molar-refractivity contribution >= 4 is 17.4 Å². The zero-order valence-corrected chi connectivity index (χ0v) is 21.3. The maximum Gasteiger partial charge on any atom is 0.337 e. The summed E-state index contributed by atoms with van der Waals surface area (Å²) in [6.07, 6.45) is 0.838. The number of carbonyl (C=O) groups is 2. The van der Waals surface area contributed by atoms with E-state index in [2.05, 4.69) is 5.32 Å². The summed E-state index contributed by atoms with van der Waals surface area (Å²) in [5.41, 5.74) is 5.88. The lowest BCUT2D eigenvalue weighted by molar-refractivity contribution is -0.143. The molecule has 0 fully saturated rings. The highest BCUT2D eigenvalue weighted by molar-refractivity contribution is 6.04. The largest absolute Gasteiger partial charge is 0.497 e. The molecule has 0 radical (unpaired) electrons. The molecule has 2 aromatic carbocycles. The van der Waals surface area contributed by atoms with Crippen LogP contribution in [0.1, 0.15) is 56.6 Å². The number of rotatable bonds is 6. The van der Waals surface area contributed by atoms with Crippen molar-refractivity contribution in [2.75, 3.05) is 26.1 Å². The number of hydrogen-bond acceptors (Lipinski definition) is 6. The average molecular weight is 475 g/mol. The Labute approximate surface area is 207 Å². The van der Waals surface area contributed by atoms with Crippen molar-refractivity contribution in [1.82, 2.24) is 5.32 Å². The number of Topliss-reactive ketones (excluding diaryl/α,β-unsaturated/α-hetero) is 1. The van der Waals surface area contributed by atoms with Gasteiger partial charge in [0.2, 0.25) is 0 Å². The van der Waals surface area contributed by atoms with Crippen molar-refractivity contribution < 1.29 is 19.1 Å². The van der Waals surface area contributed by atoms with Gasteiger partial charge in [-0.15, -0.1) is 0 Å². The van der Waals surface area contributed by atoms with Crippen LogP contribution in [0.2, 0.25) is 0 Å². The van der Waals surface area contributed by atoms with Gasteiger partial charge in [0, 0.05) is 49.1 Å². The van der Waals surface area contributed by atoms with Crippen LogP contribution < -0.4 is 15.0 Å². The van der Waals surface area contributed by atoms with Crippen LogP contribution in [0.15, 0.2) is 71.1 Å². The first kappa shape index (κ1) is 24.6. The van der Waals surface area contributed by atoms with Crippen molar-refractivity contribution in [2.24, 2.45) is 0 Å². The second kappa shape index (κ2) is 9.98. The van der Waals surface area contributed by atoms with Crippen LogP contribution in [-0.4, -0.2) is 39.1 Å². The summed E-state index contributed by atoms with van der Waals surface area (Å²) in [6.45, 7) is 5.56. The number of nitrogens with one attached hydrogen (secondary N) is 1. The van der Waals surface area contributed by atoms with Crippen LogP contribution in [0.25, 0.3) is 0 Å². The zero-order valence-electron chi connectivity index (χ0n) is 21.3. The Morgan fingerprint density at radius 3 is 2.20 bits per heavy atom. The van der Waals surface area contributed by atoms with Crippen molar-refractivity contribution in [3.63, 3.8) is 0 Å². The van der Waals surface area contributed by atoms with Crippen LogP contribution in [0.4, 0.5) is 5.69 Å². The summed E-state index contributed by atoms with van der Waals surface area (Å²) in [6, 6.07) is 16.0. The standard InChI is InChI=1S/C29H34N2O4/c1-17(2)35-29(33)26-18(3)30-24-15-21(19-9-13-23(34-6)14-10-19)16-25(32)28(24)27(26)20-7-11-22(12-8-20)31(4)5/h7-14,17,21,27,30H,15-16H2,1-6H3/t21-,27+/m1/s1. The van der Waals surface area contributed by atoms with E-state index in [1.54, 1.807) is 7.11 Å². The first-order valence-electron chi connectivity index (χ1n) is 12.1. The summed E-state index contributed by atoms with van der Waals surface area (Å²) in [5, 5.41) is 3.41. The highest BCUT2D eigenvalue weighted by Gasteiger charge is 2.41.